The Kier molecular flexibility index (Phi) is 3.56. The van der Waals surface area contributed by atoms with Crippen LogP contribution in [-0.2, 0) is 19.4 Å². The summed E-state index contributed by atoms with van der Waals surface area (Å²) in [7, 11) is 0. The van der Waals surface area contributed by atoms with Crippen LogP contribution in [0.5, 0.6) is 0 Å². The number of pyridine rings is 1. The second-order valence-corrected chi connectivity index (χ2v) is 6.34. The Bertz CT molecular complexity index is 903. The van der Waals surface area contributed by atoms with E-state index in [0.29, 0.717) is 5.56 Å². The molecule has 1 N–H and O–H groups in total. The van der Waals surface area contributed by atoms with Gasteiger partial charge in [0.2, 0.25) is 0 Å². The lowest BCUT2D eigenvalue weighted by Crippen LogP contribution is -2.35. The highest BCUT2D eigenvalue weighted by Crippen LogP contribution is 2.23. The predicted molar refractivity (Wildman–Crippen MR) is 93.0 cm³/mol. The molecule has 0 unspecified atom stereocenters. The second kappa shape index (κ2) is 5.74. The van der Waals surface area contributed by atoms with Crippen LogP contribution >= 0.6 is 0 Å². The van der Waals surface area contributed by atoms with E-state index in [0.717, 1.165) is 36.0 Å². The highest BCUT2D eigenvalue weighted by Gasteiger charge is 2.24. The molecule has 0 atom stereocenters. The molecule has 5 heteroatoms. The fraction of sp³-hybridized carbons (Fsp3) is 0.316. The number of carbonyl (C=O) groups is 1. The summed E-state index contributed by atoms with van der Waals surface area (Å²) in [6.45, 7) is 4.76. The number of hydrogen-bond acceptors (Lipinski definition) is 3. The molecule has 1 aliphatic rings. The van der Waals surface area contributed by atoms with Crippen molar-refractivity contribution < 1.29 is 4.79 Å². The molecule has 1 amide bonds. The Morgan fingerprint density at radius 3 is 2.62 bits per heavy atom. The van der Waals surface area contributed by atoms with Gasteiger partial charge >= 0.3 is 0 Å². The van der Waals surface area contributed by atoms with Crippen LogP contribution in [0.2, 0.25) is 0 Å². The van der Waals surface area contributed by atoms with E-state index in [9.17, 15) is 4.79 Å². The first kappa shape index (κ1) is 14.9. The zero-order valence-electron chi connectivity index (χ0n) is 13.9. The van der Waals surface area contributed by atoms with Gasteiger partial charge in [-0.1, -0.05) is 24.3 Å². The summed E-state index contributed by atoms with van der Waals surface area (Å²) in [4.78, 5) is 17.2. The van der Waals surface area contributed by atoms with Crippen LogP contribution in [0.15, 0.2) is 36.7 Å². The maximum Gasteiger partial charge on any atom is 0.253 e. The summed E-state index contributed by atoms with van der Waals surface area (Å²) in [5.74, 6) is -0.0519. The number of aryl methyl sites for hydroxylation is 2. The van der Waals surface area contributed by atoms with Crippen LogP contribution in [0.1, 0.15) is 34.0 Å². The van der Waals surface area contributed by atoms with E-state index in [2.05, 4.69) is 39.7 Å². The molecule has 3 aromatic rings. The average molecular weight is 320 g/mol. The lowest BCUT2D eigenvalue weighted by Gasteiger charge is -2.13. The molecule has 122 valence electrons. The molecule has 2 heterocycles. The summed E-state index contributed by atoms with van der Waals surface area (Å²) in [5.41, 5.74) is 5.07. The quantitative estimate of drug-likeness (QED) is 0.807. The Labute approximate surface area is 140 Å². The number of nitrogens with zero attached hydrogens (tertiary/aromatic N) is 3. The largest absolute Gasteiger partial charge is 0.349 e. The topological polar surface area (TPSA) is 59.8 Å². The minimum Gasteiger partial charge on any atom is -0.349 e. The van der Waals surface area contributed by atoms with Crippen molar-refractivity contribution in [1.29, 1.82) is 0 Å². The maximum absolute atomic E-state index is 12.7. The van der Waals surface area contributed by atoms with Gasteiger partial charge in [0.05, 0.1) is 11.8 Å². The number of benzene rings is 1. The second-order valence-electron chi connectivity index (χ2n) is 6.34. The van der Waals surface area contributed by atoms with Crippen molar-refractivity contribution in [2.75, 3.05) is 0 Å². The fourth-order valence-corrected chi connectivity index (χ4v) is 3.53. The Morgan fingerprint density at radius 2 is 1.96 bits per heavy atom. The molecular formula is C19H20N4O. The van der Waals surface area contributed by atoms with E-state index in [1.165, 1.54) is 11.1 Å². The normalized spacial score (nSPS) is 14.1. The molecule has 1 aromatic carbocycles. The van der Waals surface area contributed by atoms with Crippen LogP contribution in [-0.4, -0.2) is 26.7 Å². The van der Waals surface area contributed by atoms with Gasteiger partial charge in [-0.15, -0.1) is 0 Å². The third kappa shape index (κ3) is 2.37. The lowest BCUT2D eigenvalue weighted by molar-refractivity contribution is 0.0938. The number of aromatic nitrogens is 3. The van der Waals surface area contributed by atoms with Crippen molar-refractivity contribution in [3.05, 3.63) is 58.9 Å². The minimum atomic E-state index is -0.0519. The molecule has 1 aliphatic carbocycles. The van der Waals surface area contributed by atoms with E-state index < -0.39 is 0 Å². The third-order valence-corrected chi connectivity index (χ3v) is 4.87. The highest BCUT2D eigenvalue weighted by atomic mass is 16.1. The van der Waals surface area contributed by atoms with Gasteiger partial charge in [-0.05, 0) is 43.4 Å². The molecular weight excluding hydrogens is 300 g/mol. The third-order valence-electron chi connectivity index (χ3n) is 4.87. The van der Waals surface area contributed by atoms with Gasteiger partial charge in [-0.3, -0.25) is 4.79 Å². The van der Waals surface area contributed by atoms with Crippen LogP contribution in [0.4, 0.5) is 0 Å². The SMILES string of the molecule is CCn1ncc2c(C)c(C(=O)NC3Cc4ccccc4C3)cnc21. The number of nitrogens with one attached hydrogen (secondary N) is 1. The van der Waals surface area contributed by atoms with Crippen molar-refractivity contribution >= 4 is 16.9 Å². The van der Waals surface area contributed by atoms with Crippen LogP contribution in [0, 0.1) is 6.92 Å². The van der Waals surface area contributed by atoms with E-state index in [1.807, 2.05) is 18.5 Å². The molecule has 4 rings (SSSR count). The predicted octanol–water partition coefficient (Wildman–Crippen LogP) is 2.66. The summed E-state index contributed by atoms with van der Waals surface area (Å²) < 4.78 is 1.84. The summed E-state index contributed by atoms with van der Waals surface area (Å²) in [5, 5.41) is 8.43. The van der Waals surface area contributed by atoms with Gasteiger partial charge in [0, 0.05) is 24.2 Å². The number of hydrogen-bond donors (Lipinski definition) is 1. The number of rotatable bonds is 3. The van der Waals surface area contributed by atoms with Gasteiger partial charge in [-0.2, -0.15) is 5.10 Å². The van der Waals surface area contributed by atoms with Gasteiger partial charge < -0.3 is 5.32 Å². The summed E-state index contributed by atoms with van der Waals surface area (Å²) in [6.07, 6.45) is 5.25. The molecule has 5 nitrogen and oxygen atoms in total. The van der Waals surface area contributed by atoms with Crippen molar-refractivity contribution in [2.45, 2.75) is 39.3 Å². The first-order chi connectivity index (χ1) is 11.7. The van der Waals surface area contributed by atoms with Gasteiger partial charge in [0.1, 0.15) is 0 Å². The van der Waals surface area contributed by atoms with E-state index in [1.54, 1.807) is 12.4 Å². The Morgan fingerprint density at radius 1 is 1.25 bits per heavy atom. The minimum absolute atomic E-state index is 0.0519. The van der Waals surface area contributed by atoms with E-state index >= 15 is 0 Å². The Hall–Kier alpha value is -2.69. The van der Waals surface area contributed by atoms with Crippen molar-refractivity contribution in [1.82, 2.24) is 20.1 Å². The van der Waals surface area contributed by atoms with Crippen LogP contribution in [0.3, 0.4) is 0 Å². The molecule has 0 radical (unpaired) electrons. The van der Waals surface area contributed by atoms with E-state index in [-0.39, 0.29) is 11.9 Å². The number of amides is 1. The molecule has 0 saturated carbocycles. The first-order valence-electron chi connectivity index (χ1n) is 8.36. The molecule has 2 aromatic heterocycles. The zero-order valence-corrected chi connectivity index (χ0v) is 13.9. The summed E-state index contributed by atoms with van der Waals surface area (Å²) >= 11 is 0. The molecule has 0 spiro atoms. The fourth-order valence-electron chi connectivity index (χ4n) is 3.53. The van der Waals surface area contributed by atoms with Crippen molar-refractivity contribution in [3.8, 4) is 0 Å². The Balaban J connectivity index is 1.57. The standard InChI is InChI=1S/C19H20N4O/c1-3-23-18-16(11-21-23)12(2)17(10-20-18)19(24)22-15-8-13-6-4-5-7-14(13)9-15/h4-7,10-11,15H,3,8-9H2,1-2H3,(H,22,24). The smallest absolute Gasteiger partial charge is 0.253 e. The highest BCUT2D eigenvalue weighted by molar-refractivity contribution is 5.99. The molecule has 0 aliphatic heterocycles. The van der Waals surface area contributed by atoms with E-state index in [4.69, 9.17) is 0 Å². The van der Waals surface area contributed by atoms with Crippen LogP contribution in [0.25, 0.3) is 11.0 Å². The average Bonchev–Trinajstić information content (AvgIpc) is 3.18. The number of fused-ring (bicyclic) bond motifs is 2. The molecule has 0 fully saturated rings. The van der Waals surface area contributed by atoms with Crippen molar-refractivity contribution in [3.63, 3.8) is 0 Å². The molecule has 0 saturated heterocycles. The lowest BCUT2D eigenvalue weighted by atomic mass is 10.1. The van der Waals surface area contributed by atoms with Gasteiger partial charge in [0.25, 0.3) is 5.91 Å². The van der Waals surface area contributed by atoms with Crippen molar-refractivity contribution in [2.24, 2.45) is 0 Å². The monoisotopic (exact) mass is 320 g/mol. The molecule has 0 bridgehead atoms. The maximum atomic E-state index is 12.7. The van der Waals surface area contributed by atoms with Crippen LogP contribution < -0.4 is 5.32 Å². The number of carbonyl (C=O) groups excluding carboxylic acids is 1. The summed E-state index contributed by atoms with van der Waals surface area (Å²) in [6, 6.07) is 8.54. The van der Waals surface area contributed by atoms with Gasteiger partial charge in [0.15, 0.2) is 5.65 Å². The zero-order chi connectivity index (χ0) is 16.7. The van der Waals surface area contributed by atoms with Gasteiger partial charge in [-0.25, -0.2) is 9.67 Å². The molecule has 24 heavy (non-hydrogen) atoms. The first-order valence-corrected chi connectivity index (χ1v) is 8.36.